The lowest BCUT2D eigenvalue weighted by Gasteiger charge is -2.44. The van der Waals surface area contributed by atoms with Crippen molar-refractivity contribution in [3.05, 3.63) is 35.9 Å². The monoisotopic (exact) mass is 230 g/mol. The summed E-state index contributed by atoms with van der Waals surface area (Å²) in [6.07, 6.45) is 5.46. The number of nitrogens with two attached hydrogens (primary N) is 1. The first-order valence-corrected chi connectivity index (χ1v) is 6.88. The van der Waals surface area contributed by atoms with Crippen LogP contribution in [0.5, 0.6) is 0 Å². The molecule has 2 heteroatoms. The van der Waals surface area contributed by atoms with Crippen LogP contribution in [0, 0.1) is 5.92 Å². The van der Waals surface area contributed by atoms with E-state index in [4.69, 9.17) is 5.73 Å². The standard InChI is InChI=1S/C15H22N2/c16-10-13-6-9-15(13)17(14-7-8-14)11-12-4-2-1-3-5-12/h1-5,13-15H,6-11,16H2. The van der Waals surface area contributed by atoms with Gasteiger partial charge in [-0.25, -0.2) is 0 Å². The summed E-state index contributed by atoms with van der Waals surface area (Å²) in [6, 6.07) is 12.5. The second-order valence-electron chi connectivity index (χ2n) is 5.53. The molecular weight excluding hydrogens is 208 g/mol. The molecule has 1 aromatic rings. The second-order valence-corrected chi connectivity index (χ2v) is 5.53. The van der Waals surface area contributed by atoms with E-state index < -0.39 is 0 Å². The van der Waals surface area contributed by atoms with Gasteiger partial charge < -0.3 is 5.73 Å². The molecule has 0 spiro atoms. The van der Waals surface area contributed by atoms with Crippen LogP contribution < -0.4 is 5.73 Å². The van der Waals surface area contributed by atoms with Crippen molar-refractivity contribution in [1.29, 1.82) is 0 Å². The van der Waals surface area contributed by atoms with Crippen molar-refractivity contribution in [2.24, 2.45) is 11.7 Å². The smallest absolute Gasteiger partial charge is 0.0239 e. The number of rotatable bonds is 5. The molecule has 0 heterocycles. The summed E-state index contributed by atoms with van der Waals surface area (Å²) < 4.78 is 0. The van der Waals surface area contributed by atoms with Crippen molar-refractivity contribution in [2.45, 2.75) is 44.3 Å². The molecule has 0 saturated heterocycles. The normalized spacial score (nSPS) is 28.1. The lowest BCUT2D eigenvalue weighted by molar-refractivity contribution is 0.0529. The summed E-state index contributed by atoms with van der Waals surface area (Å²) in [6.45, 7) is 1.98. The molecule has 2 atom stereocenters. The lowest BCUT2D eigenvalue weighted by Crippen LogP contribution is -2.50. The molecule has 0 bridgehead atoms. The average molecular weight is 230 g/mol. The van der Waals surface area contributed by atoms with Gasteiger partial charge in [-0.15, -0.1) is 0 Å². The van der Waals surface area contributed by atoms with Gasteiger partial charge >= 0.3 is 0 Å². The molecule has 2 fully saturated rings. The molecule has 2 aliphatic rings. The predicted molar refractivity (Wildman–Crippen MR) is 70.6 cm³/mol. The molecule has 0 aliphatic heterocycles. The van der Waals surface area contributed by atoms with Gasteiger partial charge in [0.15, 0.2) is 0 Å². The van der Waals surface area contributed by atoms with Crippen LogP contribution in [0.4, 0.5) is 0 Å². The maximum Gasteiger partial charge on any atom is 0.0239 e. The molecule has 2 saturated carbocycles. The predicted octanol–water partition coefficient (Wildman–Crippen LogP) is 2.39. The van der Waals surface area contributed by atoms with E-state index in [2.05, 4.69) is 35.2 Å². The van der Waals surface area contributed by atoms with Crippen LogP contribution in [0.3, 0.4) is 0 Å². The van der Waals surface area contributed by atoms with E-state index in [9.17, 15) is 0 Å². The van der Waals surface area contributed by atoms with Crippen LogP contribution in [0.15, 0.2) is 30.3 Å². The highest BCUT2D eigenvalue weighted by atomic mass is 15.2. The van der Waals surface area contributed by atoms with Crippen LogP contribution in [0.2, 0.25) is 0 Å². The van der Waals surface area contributed by atoms with Gasteiger partial charge in [0, 0.05) is 18.6 Å². The van der Waals surface area contributed by atoms with Crippen molar-refractivity contribution in [3.8, 4) is 0 Å². The third-order valence-electron chi connectivity index (χ3n) is 4.33. The van der Waals surface area contributed by atoms with Crippen LogP contribution in [-0.2, 0) is 6.54 Å². The molecule has 0 amide bonds. The van der Waals surface area contributed by atoms with E-state index >= 15 is 0 Å². The molecule has 17 heavy (non-hydrogen) atoms. The van der Waals surface area contributed by atoms with E-state index in [1.807, 2.05) is 0 Å². The molecule has 92 valence electrons. The number of benzene rings is 1. The summed E-state index contributed by atoms with van der Waals surface area (Å²) in [4.78, 5) is 2.72. The van der Waals surface area contributed by atoms with Gasteiger partial charge in [-0.05, 0) is 43.7 Å². The first kappa shape index (κ1) is 11.2. The summed E-state index contributed by atoms with van der Waals surface area (Å²) in [5, 5.41) is 0. The Balaban J connectivity index is 1.68. The Morgan fingerprint density at radius 2 is 1.82 bits per heavy atom. The minimum atomic E-state index is 0.749. The van der Waals surface area contributed by atoms with Crippen molar-refractivity contribution in [2.75, 3.05) is 6.54 Å². The molecule has 0 radical (unpaired) electrons. The first-order valence-electron chi connectivity index (χ1n) is 6.88. The van der Waals surface area contributed by atoms with Crippen molar-refractivity contribution in [3.63, 3.8) is 0 Å². The van der Waals surface area contributed by atoms with Crippen molar-refractivity contribution < 1.29 is 0 Å². The Hall–Kier alpha value is -0.860. The van der Waals surface area contributed by atoms with Gasteiger partial charge in [-0.1, -0.05) is 30.3 Å². The molecule has 2 unspecified atom stereocenters. The van der Waals surface area contributed by atoms with E-state index in [-0.39, 0.29) is 0 Å². The summed E-state index contributed by atoms with van der Waals surface area (Å²) in [5.41, 5.74) is 7.30. The fourth-order valence-electron chi connectivity index (χ4n) is 2.98. The average Bonchev–Trinajstić information content (AvgIpc) is 3.12. The van der Waals surface area contributed by atoms with Crippen LogP contribution in [0.1, 0.15) is 31.2 Å². The third-order valence-corrected chi connectivity index (χ3v) is 4.33. The maximum absolute atomic E-state index is 5.85. The van der Waals surface area contributed by atoms with E-state index in [0.29, 0.717) is 0 Å². The minimum absolute atomic E-state index is 0.749. The Labute approximate surface area is 104 Å². The summed E-state index contributed by atoms with van der Waals surface area (Å²) in [7, 11) is 0. The topological polar surface area (TPSA) is 29.3 Å². The van der Waals surface area contributed by atoms with Gasteiger partial charge in [-0.3, -0.25) is 4.90 Å². The van der Waals surface area contributed by atoms with Gasteiger partial charge in [-0.2, -0.15) is 0 Å². The fraction of sp³-hybridized carbons (Fsp3) is 0.600. The largest absolute Gasteiger partial charge is 0.330 e. The molecule has 3 rings (SSSR count). The number of hydrogen-bond donors (Lipinski definition) is 1. The van der Waals surface area contributed by atoms with Gasteiger partial charge in [0.25, 0.3) is 0 Å². The molecule has 2 aliphatic carbocycles. The molecular formula is C15H22N2. The molecule has 0 aromatic heterocycles. The van der Waals surface area contributed by atoms with Crippen molar-refractivity contribution >= 4 is 0 Å². The molecule has 2 N–H and O–H groups in total. The Bertz CT molecular complexity index is 356. The van der Waals surface area contributed by atoms with Crippen LogP contribution in [-0.4, -0.2) is 23.5 Å². The summed E-state index contributed by atoms with van der Waals surface area (Å²) >= 11 is 0. The SMILES string of the molecule is NCC1CCC1N(Cc1ccccc1)C1CC1. The Morgan fingerprint density at radius 1 is 1.06 bits per heavy atom. The Kier molecular flexibility index (Phi) is 3.17. The van der Waals surface area contributed by atoms with E-state index in [1.165, 1.54) is 31.2 Å². The number of hydrogen-bond acceptors (Lipinski definition) is 2. The lowest BCUT2D eigenvalue weighted by atomic mass is 9.78. The van der Waals surface area contributed by atoms with Gasteiger partial charge in [0.2, 0.25) is 0 Å². The Morgan fingerprint density at radius 3 is 2.35 bits per heavy atom. The first-order chi connectivity index (χ1) is 8.38. The molecule has 1 aromatic carbocycles. The zero-order valence-corrected chi connectivity index (χ0v) is 10.4. The van der Waals surface area contributed by atoms with E-state index in [1.54, 1.807) is 0 Å². The fourth-order valence-corrected chi connectivity index (χ4v) is 2.98. The third kappa shape index (κ3) is 2.38. The molecule has 2 nitrogen and oxygen atoms in total. The van der Waals surface area contributed by atoms with Crippen LogP contribution in [0.25, 0.3) is 0 Å². The highest BCUT2D eigenvalue weighted by molar-refractivity contribution is 5.15. The number of nitrogens with zero attached hydrogens (tertiary/aromatic N) is 1. The van der Waals surface area contributed by atoms with Crippen molar-refractivity contribution in [1.82, 2.24) is 4.90 Å². The highest BCUT2D eigenvalue weighted by Gasteiger charge is 2.41. The van der Waals surface area contributed by atoms with Gasteiger partial charge in [0.1, 0.15) is 0 Å². The zero-order chi connectivity index (χ0) is 11.7. The zero-order valence-electron chi connectivity index (χ0n) is 10.4. The quantitative estimate of drug-likeness (QED) is 0.841. The minimum Gasteiger partial charge on any atom is -0.330 e. The second kappa shape index (κ2) is 4.79. The highest BCUT2D eigenvalue weighted by Crippen LogP contribution is 2.39. The maximum atomic E-state index is 5.85. The summed E-state index contributed by atoms with van der Waals surface area (Å²) in [5.74, 6) is 0.749. The van der Waals surface area contributed by atoms with E-state index in [0.717, 1.165) is 31.1 Å². The van der Waals surface area contributed by atoms with Gasteiger partial charge in [0.05, 0.1) is 0 Å². The van der Waals surface area contributed by atoms with Crippen LogP contribution >= 0.6 is 0 Å².